The van der Waals surface area contributed by atoms with Crippen LogP contribution < -0.4 is 10.6 Å². The smallest absolute Gasteiger partial charge is 0.413 e. The van der Waals surface area contributed by atoms with Gasteiger partial charge in [-0.15, -0.1) is 0 Å². The number of nitrogens with one attached hydrogen (secondary N) is 2. The predicted octanol–water partition coefficient (Wildman–Crippen LogP) is 5.97. The Bertz CT molecular complexity index is 1060. The first-order chi connectivity index (χ1) is 15.5. The Labute approximate surface area is 204 Å². The molecule has 1 atom stereocenters. The summed E-state index contributed by atoms with van der Waals surface area (Å²) in [6, 6.07) is 9.78. The first-order valence-corrected chi connectivity index (χ1v) is 11.4. The molecule has 0 fully saturated rings. The van der Waals surface area contributed by atoms with Crippen molar-refractivity contribution in [1.82, 2.24) is 5.32 Å². The SMILES string of the molecule is CC(C)(C)OC(=O)NC1=NC(CF)(c2cc(NCc3ccc(Br)cc3Cl)ccc2F)COC1. The monoisotopic (exact) mass is 543 g/mol. The Morgan fingerprint density at radius 2 is 2.06 bits per heavy atom. The number of anilines is 1. The molecule has 0 bridgehead atoms. The number of hydrogen-bond acceptors (Lipinski definition) is 5. The van der Waals surface area contributed by atoms with Crippen LogP contribution in [0.3, 0.4) is 0 Å². The lowest BCUT2D eigenvalue weighted by Crippen LogP contribution is -2.46. The van der Waals surface area contributed by atoms with Crippen molar-refractivity contribution in [3.05, 3.63) is 62.8 Å². The van der Waals surface area contributed by atoms with Crippen molar-refractivity contribution in [2.45, 2.75) is 38.5 Å². The van der Waals surface area contributed by atoms with Crippen LogP contribution in [-0.4, -0.2) is 37.4 Å². The maximum absolute atomic E-state index is 14.8. The van der Waals surface area contributed by atoms with Gasteiger partial charge in [-0.05, 0) is 56.7 Å². The van der Waals surface area contributed by atoms with Gasteiger partial charge in [0.2, 0.25) is 0 Å². The van der Waals surface area contributed by atoms with Crippen LogP contribution in [0.25, 0.3) is 0 Å². The van der Waals surface area contributed by atoms with Crippen molar-refractivity contribution in [2.24, 2.45) is 4.99 Å². The molecule has 2 aromatic carbocycles. The minimum Gasteiger partial charge on any atom is -0.444 e. The van der Waals surface area contributed by atoms with Gasteiger partial charge in [-0.3, -0.25) is 10.3 Å². The molecule has 3 rings (SSSR count). The molecule has 1 amide bonds. The molecule has 6 nitrogen and oxygen atoms in total. The zero-order valence-corrected chi connectivity index (χ0v) is 20.8. The topological polar surface area (TPSA) is 72.0 Å². The van der Waals surface area contributed by atoms with Crippen molar-refractivity contribution in [3.8, 4) is 0 Å². The molecule has 1 aliphatic rings. The van der Waals surface area contributed by atoms with Gasteiger partial charge in [-0.1, -0.05) is 33.6 Å². The molecule has 2 N–H and O–H groups in total. The molecule has 0 saturated carbocycles. The number of hydrogen-bond donors (Lipinski definition) is 2. The molecule has 0 saturated heterocycles. The highest BCUT2D eigenvalue weighted by atomic mass is 79.9. The van der Waals surface area contributed by atoms with Gasteiger partial charge >= 0.3 is 6.09 Å². The van der Waals surface area contributed by atoms with E-state index in [0.29, 0.717) is 17.3 Å². The first-order valence-electron chi connectivity index (χ1n) is 10.2. The van der Waals surface area contributed by atoms with Crippen LogP contribution in [0, 0.1) is 5.82 Å². The number of carbonyl (C=O) groups excluding carboxylic acids is 1. The highest BCUT2D eigenvalue weighted by Crippen LogP contribution is 2.34. The van der Waals surface area contributed by atoms with E-state index in [-0.39, 0.29) is 24.6 Å². The van der Waals surface area contributed by atoms with Crippen LogP contribution in [0.15, 0.2) is 45.9 Å². The number of benzene rings is 2. The van der Waals surface area contributed by atoms with Crippen molar-refractivity contribution in [2.75, 3.05) is 25.2 Å². The lowest BCUT2D eigenvalue weighted by atomic mass is 9.91. The summed E-state index contributed by atoms with van der Waals surface area (Å²) in [6.45, 7) is 4.27. The number of amidine groups is 1. The van der Waals surface area contributed by atoms with E-state index in [0.717, 1.165) is 10.0 Å². The Balaban J connectivity index is 1.84. The fourth-order valence-electron chi connectivity index (χ4n) is 3.26. The van der Waals surface area contributed by atoms with E-state index >= 15 is 0 Å². The largest absolute Gasteiger partial charge is 0.444 e. The third kappa shape index (κ3) is 6.65. The molecular weight excluding hydrogens is 520 g/mol. The third-order valence-electron chi connectivity index (χ3n) is 4.76. The van der Waals surface area contributed by atoms with E-state index in [9.17, 15) is 13.6 Å². The normalized spacial score (nSPS) is 18.5. The number of amides is 1. The number of aliphatic imine (C=N–C) groups is 1. The Morgan fingerprint density at radius 3 is 2.73 bits per heavy atom. The predicted molar refractivity (Wildman–Crippen MR) is 128 cm³/mol. The summed E-state index contributed by atoms with van der Waals surface area (Å²) in [5, 5.41) is 6.21. The number of alkyl carbamates (subject to hydrolysis) is 1. The van der Waals surface area contributed by atoms with E-state index in [2.05, 4.69) is 31.6 Å². The summed E-state index contributed by atoms with van der Waals surface area (Å²) in [7, 11) is 0. The molecule has 0 radical (unpaired) electrons. The summed E-state index contributed by atoms with van der Waals surface area (Å²) in [5.74, 6) is -0.571. The number of nitrogens with zero attached hydrogens (tertiary/aromatic N) is 1. The molecule has 1 heterocycles. The highest BCUT2D eigenvalue weighted by molar-refractivity contribution is 9.10. The van der Waals surface area contributed by atoms with Gasteiger partial charge in [0.25, 0.3) is 0 Å². The summed E-state index contributed by atoms with van der Waals surface area (Å²) < 4.78 is 40.7. The van der Waals surface area contributed by atoms with E-state index in [1.807, 2.05) is 12.1 Å². The maximum atomic E-state index is 14.8. The Morgan fingerprint density at radius 1 is 1.30 bits per heavy atom. The van der Waals surface area contributed by atoms with E-state index < -0.39 is 29.7 Å². The average Bonchev–Trinajstić information content (AvgIpc) is 2.72. The summed E-state index contributed by atoms with van der Waals surface area (Å²) in [4.78, 5) is 16.4. The quantitative estimate of drug-likeness (QED) is 0.486. The van der Waals surface area contributed by atoms with E-state index in [1.165, 1.54) is 12.1 Å². The molecule has 0 aliphatic carbocycles. The van der Waals surface area contributed by atoms with E-state index in [4.69, 9.17) is 21.1 Å². The second kappa shape index (κ2) is 10.4. The number of carbonyl (C=O) groups is 1. The third-order valence-corrected chi connectivity index (χ3v) is 5.61. The molecule has 1 aliphatic heterocycles. The second-order valence-electron chi connectivity index (χ2n) is 8.63. The van der Waals surface area contributed by atoms with Crippen molar-refractivity contribution < 1.29 is 23.0 Å². The number of halogens is 4. The average molecular weight is 545 g/mol. The minimum atomic E-state index is -1.64. The van der Waals surface area contributed by atoms with Gasteiger partial charge in [0.1, 0.15) is 36.1 Å². The lowest BCUT2D eigenvalue weighted by molar-refractivity contribution is 0.0528. The number of alkyl halides is 1. The summed E-state index contributed by atoms with van der Waals surface area (Å²) in [5.41, 5.74) is -0.949. The number of rotatable bonds is 5. The molecule has 178 valence electrons. The Kier molecular flexibility index (Phi) is 7.97. The van der Waals surface area contributed by atoms with Crippen molar-refractivity contribution >= 4 is 45.1 Å². The maximum Gasteiger partial charge on any atom is 0.413 e. The van der Waals surface area contributed by atoms with Gasteiger partial charge in [0, 0.05) is 27.3 Å². The van der Waals surface area contributed by atoms with Gasteiger partial charge in [-0.2, -0.15) is 0 Å². The van der Waals surface area contributed by atoms with Crippen LogP contribution in [0.1, 0.15) is 31.9 Å². The lowest BCUT2D eigenvalue weighted by Gasteiger charge is -2.33. The molecule has 33 heavy (non-hydrogen) atoms. The number of ether oxygens (including phenoxy) is 2. The minimum absolute atomic E-state index is 0.0140. The summed E-state index contributed by atoms with van der Waals surface area (Å²) >= 11 is 9.62. The standard InChI is InChI=1S/C23H25BrClF2N3O3/c1-22(2,3)33-21(31)29-20-11-32-13-23(12-26,30-20)17-9-16(6-7-19(17)27)28-10-14-4-5-15(24)8-18(14)25/h4-9,28H,10-13H2,1-3H3,(H,29,30,31). The van der Waals surface area contributed by atoms with Gasteiger partial charge < -0.3 is 14.8 Å². The highest BCUT2D eigenvalue weighted by Gasteiger charge is 2.39. The van der Waals surface area contributed by atoms with Crippen LogP contribution in [0.4, 0.5) is 19.3 Å². The van der Waals surface area contributed by atoms with Crippen LogP contribution in [-0.2, 0) is 21.6 Å². The fourth-order valence-corrected chi connectivity index (χ4v) is 4.00. The molecule has 0 spiro atoms. The molecule has 0 aromatic heterocycles. The molecule has 1 unspecified atom stereocenters. The van der Waals surface area contributed by atoms with E-state index in [1.54, 1.807) is 32.9 Å². The van der Waals surface area contributed by atoms with Gasteiger partial charge in [0.15, 0.2) is 0 Å². The van der Waals surface area contributed by atoms with Crippen molar-refractivity contribution in [3.63, 3.8) is 0 Å². The second-order valence-corrected chi connectivity index (χ2v) is 9.95. The Hall–Kier alpha value is -2.23. The summed E-state index contributed by atoms with van der Waals surface area (Å²) in [6.07, 6.45) is -0.748. The van der Waals surface area contributed by atoms with Crippen LogP contribution >= 0.6 is 27.5 Å². The van der Waals surface area contributed by atoms with Crippen molar-refractivity contribution in [1.29, 1.82) is 0 Å². The van der Waals surface area contributed by atoms with Gasteiger partial charge in [-0.25, -0.2) is 13.6 Å². The fraction of sp³-hybridized carbons (Fsp3) is 0.391. The van der Waals surface area contributed by atoms with Crippen LogP contribution in [0.2, 0.25) is 5.02 Å². The van der Waals surface area contributed by atoms with Crippen LogP contribution in [0.5, 0.6) is 0 Å². The van der Waals surface area contributed by atoms with Gasteiger partial charge in [0.05, 0.1) is 6.61 Å². The zero-order chi connectivity index (χ0) is 24.2. The molecule has 2 aromatic rings. The zero-order valence-electron chi connectivity index (χ0n) is 18.5. The molecule has 10 heteroatoms. The first kappa shape index (κ1) is 25.4. The molecular formula is C23H25BrClF2N3O3.